The number of hydrogen-bond acceptors (Lipinski definition) is 8. The first kappa shape index (κ1) is 29.5. The van der Waals surface area contributed by atoms with Gasteiger partial charge in [-0.1, -0.05) is 0 Å². The smallest absolute Gasteiger partial charge is 0.427 e. The molecule has 1 aliphatic rings. The highest BCUT2D eigenvalue weighted by Gasteiger charge is 2.27. The summed E-state index contributed by atoms with van der Waals surface area (Å²) in [5.41, 5.74) is 3.21. The van der Waals surface area contributed by atoms with Crippen LogP contribution in [0.3, 0.4) is 0 Å². The van der Waals surface area contributed by atoms with E-state index in [1.54, 1.807) is 31.7 Å². The number of benzene rings is 2. The summed E-state index contributed by atoms with van der Waals surface area (Å²) >= 11 is 0. The van der Waals surface area contributed by atoms with Crippen molar-refractivity contribution in [2.45, 2.75) is 52.7 Å². The Hall–Kier alpha value is -4.48. The first-order chi connectivity index (χ1) is 19.2. The molecule has 0 unspecified atom stereocenters. The zero-order valence-corrected chi connectivity index (χ0v) is 24.1. The maximum atomic E-state index is 13.6. The minimum atomic E-state index is -0.861. The number of nitrogens with zero attached hydrogens (tertiary/aromatic N) is 5. The molecule has 11 nitrogen and oxygen atoms in total. The second-order valence-electron chi connectivity index (χ2n) is 11.6. The number of aromatic nitrogens is 2. The van der Waals surface area contributed by atoms with Gasteiger partial charge in [-0.2, -0.15) is 0 Å². The van der Waals surface area contributed by atoms with Crippen molar-refractivity contribution >= 4 is 40.5 Å². The van der Waals surface area contributed by atoms with Gasteiger partial charge in [0.1, 0.15) is 22.7 Å². The predicted molar refractivity (Wildman–Crippen MR) is 152 cm³/mol. The van der Waals surface area contributed by atoms with Crippen LogP contribution in [0.2, 0.25) is 0 Å². The number of amides is 3. The molecule has 41 heavy (non-hydrogen) atoms. The lowest BCUT2D eigenvalue weighted by Gasteiger charge is -2.36. The third-order valence-electron chi connectivity index (χ3n) is 5.93. The second-order valence-corrected chi connectivity index (χ2v) is 11.6. The van der Waals surface area contributed by atoms with E-state index < -0.39 is 29.0 Å². The zero-order chi connectivity index (χ0) is 29.9. The minimum Gasteiger partial charge on any atom is -0.444 e. The van der Waals surface area contributed by atoms with Crippen LogP contribution < -0.4 is 15.3 Å². The van der Waals surface area contributed by atoms with Gasteiger partial charge in [-0.15, -0.1) is 0 Å². The normalized spacial score (nSPS) is 14.0. The van der Waals surface area contributed by atoms with Crippen LogP contribution in [0.5, 0.6) is 0 Å². The van der Waals surface area contributed by atoms with Crippen molar-refractivity contribution in [2.24, 2.45) is 0 Å². The largest absolute Gasteiger partial charge is 0.444 e. The number of carbonyl (C=O) groups is 3. The van der Waals surface area contributed by atoms with Crippen LogP contribution in [-0.2, 0) is 9.47 Å². The molecule has 0 aliphatic carbocycles. The van der Waals surface area contributed by atoms with Gasteiger partial charge in [-0.25, -0.2) is 29.4 Å². The van der Waals surface area contributed by atoms with Crippen LogP contribution in [0.25, 0.3) is 11.0 Å². The molecule has 3 aromatic rings. The van der Waals surface area contributed by atoms with Gasteiger partial charge in [0.2, 0.25) is 0 Å². The van der Waals surface area contributed by atoms with Gasteiger partial charge in [-0.3, -0.25) is 9.78 Å². The molecular formula is C29H35FN6O5. The molecule has 0 atom stereocenters. The van der Waals surface area contributed by atoms with Crippen molar-refractivity contribution in [2.75, 3.05) is 36.1 Å². The number of halogens is 1. The van der Waals surface area contributed by atoms with E-state index >= 15 is 0 Å². The van der Waals surface area contributed by atoms with Gasteiger partial charge < -0.3 is 19.3 Å². The molecular weight excluding hydrogens is 531 g/mol. The molecule has 3 amide bonds. The number of nitrogens with one attached hydrogen (secondary N) is 1. The Kier molecular flexibility index (Phi) is 8.32. The Morgan fingerprint density at radius 3 is 2.12 bits per heavy atom. The van der Waals surface area contributed by atoms with E-state index in [1.807, 2.05) is 32.9 Å². The highest BCUT2D eigenvalue weighted by atomic mass is 19.1. The monoisotopic (exact) mass is 566 g/mol. The summed E-state index contributed by atoms with van der Waals surface area (Å²) < 4.78 is 24.3. The quantitative estimate of drug-likeness (QED) is 0.445. The fraction of sp³-hybridized carbons (Fsp3) is 0.414. The third-order valence-corrected chi connectivity index (χ3v) is 5.93. The number of piperazine rings is 1. The molecule has 0 saturated carbocycles. The fourth-order valence-electron chi connectivity index (χ4n) is 4.10. The van der Waals surface area contributed by atoms with Crippen molar-refractivity contribution < 1.29 is 28.2 Å². The Balaban J connectivity index is 1.51. The number of rotatable bonds is 3. The van der Waals surface area contributed by atoms with E-state index in [9.17, 15) is 18.8 Å². The molecule has 0 bridgehead atoms. The Morgan fingerprint density at radius 1 is 0.878 bits per heavy atom. The van der Waals surface area contributed by atoms with Crippen molar-refractivity contribution in [3.05, 3.63) is 60.2 Å². The summed E-state index contributed by atoms with van der Waals surface area (Å²) in [6.07, 6.45) is 0.136. The Morgan fingerprint density at radius 2 is 1.51 bits per heavy atom. The molecule has 12 heteroatoms. The first-order valence-electron chi connectivity index (χ1n) is 13.3. The number of hydrazine groups is 1. The molecule has 2 heterocycles. The van der Waals surface area contributed by atoms with Crippen LogP contribution in [0.15, 0.2) is 48.7 Å². The van der Waals surface area contributed by atoms with Crippen molar-refractivity contribution in [3.8, 4) is 0 Å². The van der Waals surface area contributed by atoms with Crippen molar-refractivity contribution in [1.82, 2.24) is 20.3 Å². The van der Waals surface area contributed by atoms with Crippen LogP contribution in [0.1, 0.15) is 52.0 Å². The average Bonchev–Trinajstić information content (AvgIpc) is 2.89. The van der Waals surface area contributed by atoms with E-state index in [4.69, 9.17) is 9.47 Å². The molecule has 1 aromatic heterocycles. The standard InChI is InChI=1S/C29H35FN6O5/c1-28(2,3)40-26(38)33-36(20-9-7-19(30)8-10-20)25(37)24-18-31-23-17-21(11-12-22(23)32-24)34-13-15-35(16-14-34)27(39)41-29(4,5)6/h7-12,17-18H,13-16H2,1-6H3,(H,33,38). The summed E-state index contributed by atoms with van der Waals surface area (Å²) in [6, 6.07) is 10.6. The number of fused-ring (bicyclic) bond motifs is 1. The van der Waals surface area contributed by atoms with E-state index in [2.05, 4.69) is 20.3 Å². The van der Waals surface area contributed by atoms with Crippen LogP contribution in [0, 0.1) is 5.82 Å². The number of ether oxygens (including phenoxy) is 2. The summed E-state index contributed by atoms with van der Waals surface area (Å²) in [5.74, 6) is -1.18. The first-order valence-corrected chi connectivity index (χ1v) is 13.3. The zero-order valence-electron chi connectivity index (χ0n) is 24.1. The molecule has 1 N–H and O–H groups in total. The summed E-state index contributed by atoms with van der Waals surface area (Å²) in [4.78, 5) is 51.1. The molecule has 1 saturated heterocycles. The van der Waals surface area contributed by atoms with E-state index in [0.717, 1.165) is 10.7 Å². The Labute approximate surface area is 238 Å². The average molecular weight is 567 g/mol. The lowest BCUT2D eigenvalue weighted by molar-refractivity contribution is 0.0240. The minimum absolute atomic E-state index is 0.0309. The van der Waals surface area contributed by atoms with Crippen LogP contribution >= 0.6 is 0 Å². The molecule has 1 fully saturated rings. The van der Waals surface area contributed by atoms with E-state index in [1.165, 1.54) is 30.5 Å². The topological polar surface area (TPSA) is 117 Å². The van der Waals surface area contributed by atoms with Crippen LogP contribution in [0.4, 0.5) is 25.4 Å². The highest BCUT2D eigenvalue weighted by Crippen LogP contribution is 2.23. The molecule has 0 spiro atoms. The predicted octanol–water partition coefficient (Wildman–Crippen LogP) is 4.91. The van der Waals surface area contributed by atoms with Crippen molar-refractivity contribution in [3.63, 3.8) is 0 Å². The maximum Gasteiger partial charge on any atom is 0.427 e. The summed E-state index contributed by atoms with van der Waals surface area (Å²) in [5, 5.41) is 0.946. The molecule has 2 aromatic carbocycles. The van der Waals surface area contributed by atoms with Crippen molar-refractivity contribution in [1.29, 1.82) is 0 Å². The number of hydrogen-bond donors (Lipinski definition) is 1. The maximum absolute atomic E-state index is 13.6. The van der Waals surface area contributed by atoms with Gasteiger partial charge in [-0.05, 0) is 84.0 Å². The summed E-state index contributed by atoms with van der Waals surface area (Å²) in [7, 11) is 0. The van der Waals surface area contributed by atoms with Gasteiger partial charge in [0, 0.05) is 31.9 Å². The molecule has 0 radical (unpaired) electrons. The molecule has 1 aliphatic heterocycles. The summed E-state index contributed by atoms with van der Waals surface area (Å²) in [6.45, 7) is 12.9. The van der Waals surface area contributed by atoms with Crippen LogP contribution in [-0.4, -0.2) is 70.3 Å². The van der Waals surface area contributed by atoms with Gasteiger partial charge in [0.25, 0.3) is 5.91 Å². The highest BCUT2D eigenvalue weighted by molar-refractivity contribution is 6.06. The molecule has 4 rings (SSSR count). The van der Waals surface area contributed by atoms with E-state index in [0.29, 0.717) is 37.2 Å². The third kappa shape index (κ3) is 7.80. The van der Waals surface area contributed by atoms with Gasteiger partial charge in [0.05, 0.1) is 22.9 Å². The number of anilines is 2. The lowest BCUT2D eigenvalue weighted by Crippen LogP contribution is -2.50. The second kappa shape index (κ2) is 11.6. The van der Waals surface area contributed by atoms with E-state index in [-0.39, 0.29) is 17.5 Å². The fourth-order valence-corrected chi connectivity index (χ4v) is 4.10. The SMILES string of the molecule is CC(C)(C)OC(=O)NN(C(=O)c1cnc2cc(N3CCN(C(=O)OC(C)(C)C)CC3)ccc2n1)c1ccc(F)cc1. The van der Waals surface area contributed by atoms with Gasteiger partial charge in [0.15, 0.2) is 0 Å². The van der Waals surface area contributed by atoms with Gasteiger partial charge >= 0.3 is 12.2 Å². The lowest BCUT2D eigenvalue weighted by atomic mass is 10.2. The molecule has 218 valence electrons. The number of carbonyl (C=O) groups excluding carboxylic acids is 3. The Bertz CT molecular complexity index is 1430.